The topological polar surface area (TPSA) is 95.9 Å². The number of benzene rings is 1. The largest absolute Gasteiger partial charge is 0.350 e. The molecule has 1 aliphatic heterocycles. The number of carbonyl (C=O) groups is 1. The molecule has 8 nitrogen and oxygen atoms in total. The fourth-order valence-corrected chi connectivity index (χ4v) is 3.47. The Labute approximate surface area is 171 Å². The number of nitrogens with zero attached hydrogens (tertiary/aromatic N) is 5. The molecule has 10 heteroatoms. The Morgan fingerprint density at radius 1 is 1.31 bits per heavy atom. The van der Waals surface area contributed by atoms with Gasteiger partial charge in [0.15, 0.2) is 5.82 Å². The maximum absolute atomic E-state index is 13.4. The summed E-state index contributed by atoms with van der Waals surface area (Å²) in [7, 11) is 0. The van der Waals surface area contributed by atoms with Crippen molar-refractivity contribution >= 4 is 46.0 Å². The van der Waals surface area contributed by atoms with Gasteiger partial charge in [-0.1, -0.05) is 11.6 Å². The molecule has 1 unspecified atom stereocenters. The van der Waals surface area contributed by atoms with Crippen molar-refractivity contribution in [2.45, 2.75) is 25.8 Å². The first-order chi connectivity index (χ1) is 14.0. The van der Waals surface area contributed by atoms with Crippen molar-refractivity contribution in [2.24, 2.45) is 0 Å². The van der Waals surface area contributed by atoms with Gasteiger partial charge in [0.05, 0.1) is 11.2 Å². The number of hydrogen-bond acceptors (Lipinski definition) is 7. The van der Waals surface area contributed by atoms with Crippen LogP contribution in [0.25, 0.3) is 11.0 Å². The highest BCUT2D eigenvalue weighted by molar-refractivity contribution is 6.31. The molecule has 2 aromatic heterocycles. The zero-order chi connectivity index (χ0) is 20.4. The molecule has 29 heavy (non-hydrogen) atoms. The van der Waals surface area contributed by atoms with Crippen LogP contribution in [0.1, 0.15) is 19.8 Å². The van der Waals surface area contributed by atoms with Crippen LogP contribution in [0.2, 0.25) is 5.02 Å². The van der Waals surface area contributed by atoms with E-state index in [-0.39, 0.29) is 17.0 Å². The first-order valence-corrected chi connectivity index (χ1v) is 9.59. The van der Waals surface area contributed by atoms with Crippen molar-refractivity contribution in [1.29, 1.82) is 0 Å². The number of aromatic nitrogens is 4. The number of likely N-dealkylation sites (tertiary alicyclic amines) is 1. The first kappa shape index (κ1) is 19.3. The van der Waals surface area contributed by atoms with E-state index in [1.54, 1.807) is 19.2 Å². The minimum Gasteiger partial charge on any atom is -0.350 e. The van der Waals surface area contributed by atoms with Gasteiger partial charge in [0.1, 0.15) is 23.2 Å². The lowest BCUT2D eigenvalue weighted by atomic mass is 10.1. The van der Waals surface area contributed by atoms with E-state index in [0.29, 0.717) is 35.0 Å². The van der Waals surface area contributed by atoms with E-state index in [2.05, 4.69) is 30.6 Å². The molecule has 150 valence electrons. The second kappa shape index (κ2) is 8.12. The van der Waals surface area contributed by atoms with E-state index >= 15 is 0 Å². The van der Waals surface area contributed by atoms with Gasteiger partial charge in [0, 0.05) is 31.7 Å². The molecule has 1 amide bonds. The summed E-state index contributed by atoms with van der Waals surface area (Å²) < 4.78 is 13.4. The summed E-state index contributed by atoms with van der Waals surface area (Å²) in [6.45, 7) is 2.96. The summed E-state index contributed by atoms with van der Waals surface area (Å²) in [5.74, 6) is 0.458. The van der Waals surface area contributed by atoms with Crippen molar-refractivity contribution in [3.8, 4) is 0 Å². The average molecular weight is 416 g/mol. The number of hydrogen-bond donors (Lipinski definition) is 2. The monoisotopic (exact) mass is 415 g/mol. The molecule has 3 aromatic rings. The van der Waals surface area contributed by atoms with E-state index < -0.39 is 5.82 Å². The zero-order valence-corrected chi connectivity index (χ0v) is 16.4. The summed E-state index contributed by atoms with van der Waals surface area (Å²) >= 11 is 5.85. The molecular weight excluding hydrogens is 397 g/mol. The lowest BCUT2D eigenvalue weighted by molar-refractivity contribution is -0.129. The number of rotatable bonds is 4. The fourth-order valence-electron chi connectivity index (χ4n) is 3.29. The number of amides is 1. The molecule has 2 N–H and O–H groups in total. The quantitative estimate of drug-likeness (QED) is 0.674. The van der Waals surface area contributed by atoms with Crippen molar-refractivity contribution in [2.75, 3.05) is 23.7 Å². The Hall–Kier alpha value is -3.07. The molecule has 0 aliphatic carbocycles. The lowest BCUT2D eigenvalue weighted by Gasteiger charge is -2.32. The van der Waals surface area contributed by atoms with Gasteiger partial charge in [0.25, 0.3) is 0 Å². The molecule has 0 saturated carbocycles. The Bertz CT molecular complexity index is 1060. The highest BCUT2D eigenvalue weighted by atomic mass is 35.5. The summed E-state index contributed by atoms with van der Waals surface area (Å²) in [4.78, 5) is 30.8. The molecular formula is C19H19ClFN7O. The maximum atomic E-state index is 13.4. The summed E-state index contributed by atoms with van der Waals surface area (Å²) in [6.07, 6.45) is 4.86. The van der Waals surface area contributed by atoms with Gasteiger partial charge in [-0.25, -0.2) is 24.3 Å². The maximum Gasteiger partial charge on any atom is 0.223 e. The molecule has 1 saturated heterocycles. The third kappa shape index (κ3) is 4.34. The summed E-state index contributed by atoms with van der Waals surface area (Å²) in [5.41, 5.74) is 1.66. The van der Waals surface area contributed by atoms with Gasteiger partial charge in [-0.2, -0.15) is 0 Å². The predicted molar refractivity (Wildman–Crippen MR) is 109 cm³/mol. The van der Waals surface area contributed by atoms with Crippen LogP contribution in [-0.2, 0) is 4.79 Å². The molecule has 0 bridgehead atoms. The summed E-state index contributed by atoms with van der Waals surface area (Å²) in [5, 5.41) is 6.40. The predicted octanol–water partition coefficient (Wildman–Crippen LogP) is 3.38. The van der Waals surface area contributed by atoms with Crippen LogP contribution < -0.4 is 10.6 Å². The Balaban J connectivity index is 1.58. The van der Waals surface area contributed by atoms with E-state index in [4.69, 9.17) is 11.6 Å². The Kier molecular flexibility index (Phi) is 5.39. The van der Waals surface area contributed by atoms with Crippen molar-refractivity contribution in [1.82, 2.24) is 24.8 Å². The van der Waals surface area contributed by atoms with Gasteiger partial charge in [0.2, 0.25) is 11.9 Å². The second-order valence-electron chi connectivity index (χ2n) is 6.85. The van der Waals surface area contributed by atoms with E-state index in [1.165, 1.54) is 18.5 Å². The number of nitrogens with one attached hydrogen (secondary N) is 2. The van der Waals surface area contributed by atoms with Gasteiger partial charge in [-0.15, -0.1) is 0 Å². The molecule has 0 radical (unpaired) electrons. The molecule has 1 fully saturated rings. The van der Waals surface area contributed by atoms with E-state index in [0.717, 1.165) is 19.4 Å². The first-order valence-electron chi connectivity index (χ1n) is 9.21. The van der Waals surface area contributed by atoms with Gasteiger partial charge >= 0.3 is 0 Å². The SMILES string of the molecule is CC(=O)N1CCCC(Nc2ncc3ncnc(Nc4ccc(F)c(Cl)c4)c3n2)C1. The van der Waals surface area contributed by atoms with Crippen molar-refractivity contribution in [3.05, 3.63) is 41.6 Å². The minimum absolute atomic E-state index is 0.0117. The van der Waals surface area contributed by atoms with Crippen molar-refractivity contribution < 1.29 is 9.18 Å². The second-order valence-corrected chi connectivity index (χ2v) is 7.26. The molecule has 1 aromatic carbocycles. The average Bonchev–Trinajstić information content (AvgIpc) is 2.71. The van der Waals surface area contributed by atoms with Crippen LogP contribution in [0.15, 0.2) is 30.7 Å². The molecule has 0 spiro atoms. The lowest BCUT2D eigenvalue weighted by Crippen LogP contribution is -2.44. The normalized spacial score (nSPS) is 16.7. The highest BCUT2D eigenvalue weighted by Crippen LogP contribution is 2.25. The van der Waals surface area contributed by atoms with Gasteiger partial charge < -0.3 is 15.5 Å². The smallest absolute Gasteiger partial charge is 0.223 e. The number of halogens is 2. The molecule has 3 heterocycles. The Morgan fingerprint density at radius 2 is 2.17 bits per heavy atom. The zero-order valence-electron chi connectivity index (χ0n) is 15.7. The molecule has 1 atom stereocenters. The van der Waals surface area contributed by atoms with Gasteiger partial charge in [-0.05, 0) is 31.0 Å². The van der Waals surface area contributed by atoms with Crippen LogP contribution in [0, 0.1) is 5.82 Å². The number of piperidine rings is 1. The van der Waals surface area contributed by atoms with Crippen LogP contribution in [-0.4, -0.2) is 49.9 Å². The van der Waals surface area contributed by atoms with E-state index in [1.807, 2.05) is 4.90 Å². The highest BCUT2D eigenvalue weighted by Gasteiger charge is 2.22. The van der Waals surface area contributed by atoms with Crippen LogP contribution >= 0.6 is 11.6 Å². The third-order valence-electron chi connectivity index (χ3n) is 4.76. The van der Waals surface area contributed by atoms with Gasteiger partial charge in [-0.3, -0.25) is 4.79 Å². The Morgan fingerprint density at radius 3 is 2.97 bits per heavy atom. The number of carbonyl (C=O) groups excluding carboxylic acids is 1. The van der Waals surface area contributed by atoms with E-state index in [9.17, 15) is 9.18 Å². The minimum atomic E-state index is -0.495. The number of anilines is 3. The van der Waals surface area contributed by atoms with Crippen LogP contribution in [0.3, 0.4) is 0 Å². The third-order valence-corrected chi connectivity index (χ3v) is 5.05. The number of fused-ring (bicyclic) bond motifs is 1. The molecule has 4 rings (SSSR count). The van der Waals surface area contributed by atoms with Crippen molar-refractivity contribution in [3.63, 3.8) is 0 Å². The molecule has 1 aliphatic rings. The van der Waals surface area contributed by atoms with Crippen LogP contribution in [0.4, 0.5) is 21.8 Å². The summed E-state index contributed by atoms with van der Waals surface area (Å²) in [6, 6.07) is 4.39. The fraction of sp³-hybridized carbons (Fsp3) is 0.316. The van der Waals surface area contributed by atoms with Crippen LogP contribution in [0.5, 0.6) is 0 Å². The standard InChI is InChI=1S/C19H19ClFN7O/c1-11(29)28-6-2-3-13(9-28)26-19-22-8-16-17(27-19)18(24-10-23-16)25-12-4-5-15(21)14(20)7-12/h4-5,7-8,10,13H,2-3,6,9H2,1H3,(H,22,26,27)(H,23,24,25).